The van der Waals surface area contributed by atoms with Crippen molar-refractivity contribution in [3.8, 4) is 11.5 Å². The molecule has 2 rings (SSSR count). The van der Waals surface area contributed by atoms with Gasteiger partial charge in [-0.25, -0.2) is 0 Å². The van der Waals surface area contributed by atoms with E-state index in [0.717, 1.165) is 15.7 Å². The molecule has 0 aromatic heterocycles. The van der Waals surface area contributed by atoms with Crippen molar-refractivity contribution in [2.24, 2.45) is 0 Å². The van der Waals surface area contributed by atoms with Gasteiger partial charge in [-0.15, -0.1) is 0 Å². The number of phenolic OH excluding ortho intramolecular Hbond substituents is 1. The molecule has 23 heavy (non-hydrogen) atoms. The van der Waals surface area contributed by atoms with Gasteiger partial charge in [0.1, 0.15) is 0 Å². The Morgan fingerprint density at radius 1 is 1.26 bits per heavy atom. The SMILES string of the molecule is CCNC(=O)c1cc(Br)ccc1NCc1ccc(OC)c(O)c1. The van der Waals surface area contributed by atoms with E-state index in [-0.39, 0.29) is 11.7 Å². The summed E-state index contributed by atoms with van der Waals surface area (Å²) in [5.74, 6) is 0.390. The lowest BCUT2D eigenvalue weighted by molar-refractivity contribution is 0.0956. The van der Waals surface area contributed by atoms with Gasteiger partial charge in [-0.3, -0.25) is 4.79 Å². The normalized spacial score (nSPS) is 10.2. The van der Waals surface area contributed by atoms with Crippen LogP contribution in [0.3, 0.4) is 0 Å². The highest BCUT2D eigenvalue weighted by atomic mass is 79.9. The van der Waals surface area contributed by atoms with Crippen LogP contribution in [0.25, 0.3) is 0 Å². The van der Waals surface area contributed by atoms with Crippen LogP contribution in [-0.2, 0) is 6.54 Å². The fourth-order valence-electron chi connectivity index (χ4n) is 2.16. The molecule has 0 saturated heterocycles. The van der Waals surface area contributed by atoms with Gasteiger partial charge < -0.3 is 20.5 Å². The summed E-state index contributed by atoms with van der Waals surface area (Å²) in [5, 5.41) is 15.8. The summed E-state index contributed by atoms with van der Waals surface area (Å²) in [6.45, 7) is 2.92. The molecular weight excluding hydrogens is 360 g/mol. The van der Waals surface area contributed by atoms with Gasteiger partial charge in [-0.2, -0.15) is 0 Å². The van der Waals surface area contributed by atoms with Crippen molar-refractivity contribution in [1.29, 1.82) is 0 Å². The number of methoxy groups -OCH3 is 1. The zero-order chi connectivity index (χ0) is 16.8. The average molecular weight is 379 g/mol. The fraction of sp³-hybridized carbons (Fsp3) is 0.235. The maximum Gasteiger partial charge on any atom is 0.253 e. The highest BCUT2D eigenvalue weighted by molar-refractivity contribution is 9.10. The number of hydrogen-bond donors (Lipinski definition) is 3. The van der Waals surface area contributed by atoms with E-state index in [0.29, 0.717) is 24.4 Å². The molecule has 3 N–H and O–H groups in total. The molecule has 0 unspecified atom stereocenters. The quantitative estimate of drug-likeness (QED) is 0.718. The Bertz CT molecular complexity index is 704. The Labute approximate surface area is 143 Å². The summed E-state index contributed by atoms with van der Waals surface area (Å²) >= 11 is 3.38. The molecule has 0 aliphatic carbocycles. The number of phenols is 1. The summed E-state index contributed by atoms with van der Waals surface area (Å²) in [6, 6.07) is 10.7. The second kappa shape index (κ2) is 7.87. The molecule has 1 amide bonds. The summed E-state index contributed by atoms with van der Waals surface area (Å²) in [6.07, 6.45) is 0. The number of rotatable bonds is 6. The molecule has 0 spiro atoms. The molecule has 2 aromatic rings. The second-order valence-corrected chi connectivity index (χ2v) is 5.82. The molecule has 0 bridgehead atoms. The van der Waals surface area contributed by atoms with Crippen LogP contribution in [0.4, 0.5) is 5.69 Å². The zero-order valence-electron chi connectivity index (χ0n) is 13.0. The van der Waals surface area contributed by atoms with Crippen molar-refractivity contribution in [2.45, 2.75) is 13.5 Å². The highest BCUT2D eigenvalue weighted by Crippen LogP contribution is 2.27. The molecule has 2 aromatic carbocycles. The van der Waals surface area contributed by atoms with Crippen LogP contribution in [0.1, 0.15) is 22.8 Å². The third kappa shape index (κ3) is 4.39. The number of aromatic hydroxyl groups is 1. The first-order chi connectivity index (χ1) is 11.0. The van der Waals surface area contributed by atoms with E-state index in [1.54, 1.807) is 18.2 Å². The van der Waals surface area contributed by atoms with E-state index in [1.807, 2.05) is 25.1 Å². The zero-order valence-corrected chi connectivity index (χ0v) is 14.6. The van der Waals surface area contributed by atoms with E-state index < -0.39 is 0 Å². The summed E-state index contributed by atoms with van der Waals surface area (Å²) < 4.78 is 5.86. The standard InChI is InChI=1S/C17H19BrN2O3/c1-3-19-17(22)13-9-12(18)5-6-14(13)20-10-11-4-7-16(23-2)15(21)8-11/h4-9,20-21H,3,10H2,1-2H3,(H,19,22). The number of carbonyl (C=O) groups excluding carboxylic acids is 1. The van der Waals surface area contributed by atoms with Crippen LogP contribution in [0.5, 0.6) is 11.5 Å². The third-order valence-electron chi connectivity index (χ3n) is 3.29. The van der Waals surface area contributed by atoms with Gasteiger partial charge in [0, 0.05) is 23.2 Å². The molecule has 6 heteroatoms. The number of nitrogens with one attached hydrogen (secondary N) is 2. The predicted octanol–water partition coefficient (Wildman–Crippen LogP) is 3.53. The van der Waals surface area contributed by atoms with Crippen LogP contribution in [0.15, 0.2) is 40.9 Å². The molecular formula is C17H19BrN2O3. The van der Waals surface area contributed by atoms with E-state index in [9.17, 15) is 9.90 Å². The van der Waals surface area contributed by atoms with E-state index in [1.165, 1.54) is 7.11 Å². The Kier molecular flexibility index (Phi) is 5.87. The monoisotopic (exact) mass is 378 g/mol. The Morgan fingerprint density at radius 3 is 2.70 bits per heavy atom. The Balaban J connectivity index is 2.17. The fourth-order valence-corrected chi connectivity index (χ4v) is 2.52. The number of anilines is 1. The molecule has 0 aliphatic rings. The second-order valence-electron chi connectivity index (χ2n) is 4.91. The van der Waals surface area contributed by atoms with Crippen molar-refractivity contribution in [3.63, 3.8) is 0 Å². The summed E-state index contributed by atoms with van der Waals surface area (Å²) in [5.41, 5.74) is 2.18. The third-order valence-corrected chi connectivity index (χ3v) is 3.78. The van der Waals surface area contributed by atoms with Crippen LogP contribution >= 0.6 is 15.9 Å². The van der Waals surface area contributed by atoms with Crippen molar-refractivity contribution in [1.82, 2.24) is 5.32 Å². The lowest BCUT2D eigenvalue weighted by Gasteiger charge is -2.13. The predicted molar refractivity (Wildman–Crippen MR) is 94.1 cm³/mol. The van der Waals surface area contributed by atoms with Gasteiger partial charge in [0.2, 0.25) is 0 Å². The number of benzene rings is 2. The number of ether oxygens (including phenoxy) is 1. The van der Waals surface area contributed by atoms with E-state index in [4.69, 9.17) is 4.74 Å². The molecule has 0 fully saturated rings. The molecule has 122 valence electrons. The van der Waals surface area contributed by atoms with Gasteiger partial charge in [0.15, 0.2) is 11.5 Å². The topological polar surface area (TPSA) is 70.6 Å². The molecule has 0 saturated carbocycles. The van der Waals surface area contributed by atoms with Crippen LogP contribution in [0, 0.1) is 0 Å². The highest BCUT2D eigenvalue weighted by Gasteiger charge is 2.11. The maximum absolute atomic E-state index is 12.1. The van der Waals surface area contributed by atoms with Crippen LogP contribution in [0.2, 0.25) is 0 Å². The minimum Gasteiger partial charge on any atom is -0.504 e. The van der Waals surface area contributed by atoms with Crippen molar-refractivity contribution in [3.05, 3.63) is 52.0 Å². The Morgan fingerprint density at radius 2 is 2.04 bits per heavy atom. The smallest absolute Gasteiger partial charge is 0.253 e. The lowest BCUT2D eigenvalue weighted by atomic mass is 10.1. The van der Waals surface area contributed by atoms with E-state index in [2.05, 4.69) is 26.6 Å². The van der Waals surface area contributed by atoms with Crippen molar-refractivity contribution in [2.75, 3.05) is 19.0 Å². The van der Waals surface area contributed by atoms with Gasteiger partial charge in [0.25, 0.3) is 5.91 Å². The molecule has 0 aliphatic heterocycles. The van der Waals surface area contributed by atoms with Gasteiger partial charge in [-0.05, 0) is 42.8 Å². The number of amides is 1. The summed E-state index contributed by atoms with van der Waals surface area (Å²) in [7, 11) is 1.51. The molecule has 0 heterocycles. The maximum atomic E-state index is 12.1. The molecule has 0 atom stereocenters. The van der Waals surface area contributed by atoms with Gasteiger partial charge >= 0.3 is 0 Å². The first-order valence-corrected chi connectivity index (χ1v) is 8.02. The van der Waals surface area contributed by atoms with Crippen molar-refractivity contribution >= 4 is 27.5 Å². The number of carbonyl (C=O) groups is 1. The number of halogens is 1. The first-order valence-electron chi connectivity index (χ1n) is 7.22. The molecule has 5 nitrogen and oxygen atoms in total. The van der Waals surface area contributed by atoms with Crippen LogP contribution in [-0.4, -0.2) is 24.7 Å². The lowest BCUT2D eigenvalue weighted by Crippen LogP contribution is -2.23. The largest absolute Gasteiger partial charge is 0.504 e. The van der Waals surface area contributed by atoms with Crippen LogP contribution < -0.4 is 15.4 Å². The molecule has 0 radical (unpaired) electrons. The summed E-state index contributed by atoms with van der Waals surface area (Å²) in [4.78, 5) is 12.1. The average Bonchev–Trinajstić information content (AvgIpc) is 2.54. The van der Waals surface area contributed by atoms with E-state index >= 15 is 0 Å². The minimum absolute atomic E-state index is 0.0894. The first kappa shape index (κ1) is 17.1. The van der Waals surface area contributed by atoms with Gasteiger partial charge in [0.05, 0.1) is 12.7 Å². The van der Waals surface area contributed by atoms with Crippen molar-refractivity contribution < 1.29 is 14.6 Å². The van der Waals surface area contributed by atoms with Gasteiger partial charge in [-0.1, -0.05) is 22.0 Å². The minimum atomic E-state index is -0.131. The number of hydrogen-bond acceptors (Lipinski definition) is 4. The Hall–Kier alpha value is -2.21.